The molecule has 0 saturated heterocycles. The minimum Gasteiger partial charge on any atom is -0.493 e. The number of ether oxygens (including phenoxy) is 3. The molecule has 7 nitrogen and oxygen atoms in total. The summed E-state index contributed by atoms with van der Waals surface area (Å²) in [6, 6.07) is 2.30. The Morgan fingerprint density at radius 2 is 1.87 bits per heavy atom. The molecule has 1 aromatic rings. The van der Waals surface area contributed by atoms with Crippen LogP contribution in [0.4, 0.5) is 5.69 Å². The van der Waals surface area contributed by atoms with Gasteiger partial charge in [0.1, 0.15) is 0 Å². The Bertz CT molecular complexity index is 551. The number of carbonyl (C=O) groups excluding carboxylic acids is 2. The van der Waals surface area contributed by atoms with E-state index in [9.17, 15) is 9.59 Å². The first-order chi connectivity index (χ1) is 10.5. The smallest absolute Gasteiger partial charge is 0.338 e. The van der Waals surface area contributed by atoms with Gasteiger partial charge >= 0.3 is 5.97 Å². The third-order valence-electron chi connectivity index (χ3n) is 3.09. The topological polar surface area (TPSA) is 99.9 Å². The van der Waals surface area contributed by atoms with Crippen LogP contribution in [-0.2, 0) is 9.53 Å². The number of amides is 1. The number of halogens is 1. The lowest BCUT2D eigenvalue weighted by atomic mass is 10.1. The van der Waals surface area contributed by atoms with Crippen molar-refractivity contribution in [2.45, 2.75) is 25.8 Å². The number of rotatable bonds is 7. The van der Waals surface area contributed by atoms with Gasteiger partial charge in [0, 0.05) is 0 Å². The van der Waals surface area contributed by atoms with Crippen molar-refractivity contribution in [3.05, 3.63) is 17.7 Å². The molecule has 0 aromatic heterocycles. The Morgan fingerprint density at radius 3 is 2.35 bits per heavy atom. The molecule has 1 atom stereocenters. The average Bonchev–Trinajstić information content (AvgIpc) is 2.53. The van der Waals surface area contributed by atoms with E-state index in [-0.39, 0.29) is 23.9 Å². The van der Waals surface area contributed by atoms with E-state index in [0.717, 1.165) is 6.42 Å². The maximum Gasteiger partial charge on any atom is 0.338 e. The Labute approximate surface area is 141 Å². The van der Waals surface area contributed by atoms with Crippen LogP contribution in [0.2, 0.25) is 0 Å². The predicted molar refractivity (Wildman–Crippen MR) is 89.6 cm³/mol. The lowest BCUT2D eigenvalue weighted by molar-refractivity contribution is -0.117. The summed E-state index contributed by atoms with van der Waals surface area (Å²) >= 11 is 0. The zero-order valence-corrected chi connectivity index (χ0v) is 14.5. The van der Waals surface area contributed by atoms with Gasteiger partial charge in [-0.15, -0.1) is 12.4 Å². The molecule has 0 spiro atoms. The highest BCUT2D eigenvalue weighted by Crippen LogP contribution is 2.36. The molecule has 0 aliphatic rings. The molecule has 0 heterocycles. The maximum atomic E-state index is 12.1. The van der Waals surface area contributed by atoms with Gasteiger partial charge in [-0.3, -0.25) is 4.79 Å². The van der Waals surface area contributed by atoms with E-state index in [1.54, 1.807) is 0 Å². The molecule has 130 valence electrons. The number of anilines is 1. The summed E-state index contributed by atoms with van der Waals surface area (Å²) in [6.45, 7) is 1.94. The molecule has 0 radical (unpaired) electrons. The van der Waals surface area contributed by atoms with Gasteiger partial charge in [0.2, 0.25) is 5.91 Å². The molecule has 23 heavy (non-hydrogen) atoms. The summed E-state index contributed by atoms with van der Waals surface area (Å²) in [5, 5.41) is 2.66. The lowest BCUT2D eigenvalue weighted by Crippen LogP contribution is -2.35. The zero-order chi connectivity index (χ0) is 16.7. The maximum absolute atomic E-state index is 12.1. The number of hydrogen-bond acceptors (Lipinski definition) is 6. The van der Waals surface area contributed by atoms with Gasteiger partial charge < -0.3 is 25.3 Å². The van der Waals surface area contributed by atoms with Crippen molar-refractivity contribution in [1.29, 1.82) is 0 Å². The van der Waals surface area contributed by atoms with Gasteiger partial charge in [-0.05, 0) is 18.6 Å². The molecule has 0 fully saturated rings. The van der Waals surface area contributed by atoms with Crippen LogP contribution in [0.1, 0.15) is 30.1 Å². The van der Waals surface area contributed by atoms with Crippen molar-refractivity contribution in [1.82, 2.24) is 0 Å². The molecule has 3 N–H and O–H groups in total. The zero-order valence-electron chi connectivity index (χ0n) is 13.7. The van der Waals surface area contributed by atoms with Crippen LogP contribution in [0, 0.1) is 0 Å². The third-order valence-corrected chi connectivity index (χ3v) is 3.09. The summed E-state index contributed by atoms with van der Waals surface area (Å²) in [4.78, 5) is 23.8. The van der Waals surface area contributed by atoms with E-state index < -0.39 is 12.0 Å². The second-order valence-electron chi connectivity index (χ2n) is 4.64. The van der Waals surface area contributed by atoms with Gasteiger partial charge in [-0.25, -0.2) is 4.79 Å². The van der Waals surface area contributed by atoms with E-state index in [1.807, 2.05) is 6.92 Å². The molecule has 0 bridgehead atoms. The number of esters is 1. The Kier molecular flexibility index (Phi) is 9.05. The first-order valence-corrected chi connectivity index (χ1v) is 6.89. The minimum absolute atomic E-state index is 0. The highest BCUT2D eigenvalue weighted by Gasteiger charge is 2.20. The normalized spacial score (nSPS) is 11.0. The monoisotopic (exact) mass is 346 g/mol. The van der Waals surface area contributed by atoms with E-state index in [4.69, 9.17) is 15.2 Å². The Morgan fingerprint density at radius 1 is 1.22 bits per heavy atom. The fraction of sp³-hybridized carbons (Fsp3) is 0.467. The Hall–Kier alpha value is -1.99. The standard InChI is InChI=1S/C15H22N2O5.ClH/c1-5-6-10(16)14(18)17-11-7-9(15(19)22-4)8-12(20-2)13(11)21-3;/h7-8,10H,5-6,16H2,1-4H3,(H,17,18);1H. The second-order valence-corrected chi connectivity index (χ2v) is 4.64. The van der Waals surface area contributed by atoms with E-state index in [2.05, 4.69) is 10.1 Å². The average molecular weight is 347 g/mol. The highest BCUT2D eigenvalue weighted by molar-refractivity contribution is 5.99. The van der Waals surface area contributed by atoms with Crippen molar-refractivity contribution in [2.24, 2.45) is 5.73 Å². The summed E-state index contributed by atoms with van der Waals surface area (Å²) < 4.78 is 15.1. The van der Waals surface area contributed by atoms with Crippen LogP contribution in [0.3, 0.4) is 0 Å². The fourth-order valence-electron chi connectivity index (χ4n) is 1.96. The van der Waals surface area contributed by atoms with E-state index in [1.165, 1.54) is 33.5 Å². The van der Waals surface area contributed by atoms with Gasteiger partial charge in [-0.2, -0.15) is 0 Å². The largest absolute Gasteiger partial charge is 0.493 e. The van der Waals surface area contributed by atoms with Crippen LogP contribution >= 0.6 is 12.4 Å². The fourth-order valence-corrected chi connectivity index (χ4v) is 1.96. The van der Waals surface area contributed by atoms with Crippen molar-refractivity contribution in [3.63, 3.8) is 0 Å². The quantitative estimate of drug-likeness (QED) is 0.732. The molecule has 1 aromatic carbocycles. The molecule has 1 unspecified atom stereocenters. The van der Waals surface area contributed by atoms with Gasteiger partial charge in [-0.1, -0.05) is 13.3 Å². The Balaban J connectivity index is 0.00000484. The van der Waals surface area contributed by atoms with Crippen LogP contribution < -0.4 is 20.5 Å². The summed E-state index contributed by atoms with van der Waals surface area (Å²) in [5.74, 6) is -0.282. The SMILES string of the molecule is CCCC(N)C(=O)Nc1cc(C(=O)OC)cc(OC)c1OC.Cl. The molecular formula is C15H23ClN2O5. The first kappa shape index (κ1) is 21.0. The molecule has 1 rings (SSSR count). The minimum atomic E-state index is -0.637. The molecule has 8 heteroatoms. The van der Waals surface area contributed by atoms with Crippen LogP contribution in [0.25, 0.3) is 0 Å². The molecular weight excluding hydrogens is 324 g/mol. The predicted octanol–water partition coefficient (Wildman–Crippen LogP) is 1.98. The van der Waals surface area contributed by atoms with E-state index >= 15 is 0 Å². The van der Waals surface area contributed by atoms with Gasteiger partial charge in [0.15, 0.2) is 11.5 Å². The van der Waals surface area contributed by atoms with Crippen LogP contribution in [-0.4, -0.2) is 39.2 Å². The molecule has 0 saturated carbocycles. The van der Waals surface area contributed by atoms with Crippen molar-refractivity contribution < 1.29 is 23.8 Å². The van der Waals surface area contributed by atoms with Gasteiger partial charge in [0.25, 0.3) is 0 Å². The molecule has 0 aliphatic heterocycles. The van der Waals surface area contributed by atoms with Crippen LogP contribution in [0.15, 0.2) is 12.1 Å². The number of hydrogen-bond donors (Lipinski definition) is 2. The summed E-state index contributed by atoms with van der Waals surface area (Å²) in [7, 11) is 4.15. The van der Waals surface area contributed by atoms with Crippen molar-refractivity contribution in [3.8, 4) is 11.5 Å². The summed E-state index contributed by atoms with van der Waals surface area (Å²) in [5.41, 5.74) is 6.33. The number of methoxy groups -OCH3 is 3. The van der Waals surface area contributed by atoms with Crippen molar-refractivity contribution in [2.75, 3.05) is 26.6 Å². The second kappa shape index (κ2) is 9.91. The molecule has 0 aliphatic carbocycles. The third kappa shape index (κ3) is 5.30. The number of nitrogens with two attached hydrogens (primary N) is 1. The van der Waals surface area contributed by atoms with E-state index in [0.29, 0.717) is 23.6 Å². The number of nitrogens with one attached hydrogen (secondary N) is 1. The number of benzene rings is 1. The summed E-state index contributed by atoms with van der Waals surface area (Å²) in [6.07, 6.45) is 1.35. The highest BCUT2D eigenvalue weighted by atomic mass is 35.5. The number of carbonyl (C=O) groups is 2. The van der Waals surface area contributed by atoms with Crippen molar-refractivity contribution >= 4 is 30.0 Å². The van der Waals surface area contributed by atoms with Crippen LogP contribution in [0.5, 0.6) is 11.5 Å². The molecule has 1 amide bonds. The van der Waals surface area contributed by atoms with Gasteiger partial charge in [0.05, 0.1) is 38.6 Å². The lowest BCUT2D eigenvalue weighted by Gasteiger charge is -2.17. The first-order valence-electron chi connectivity index (χ1n) is 6.89.